The van der Waals surface area contributed by atoms with Crippen LogP contribution in [-0.4, -0.2) is 36.7 Å². The first-order chi connectivity index (χ1) is 11.2. The molecule has 1 aliphatic carbocycles. The maximum absolute atomic E-state index is 5.80. The smallest absolute Gasteiger partial charge is 0.123 e. The number of likely N-dealkylation sites (N-methyl/N-ethyl adjacent to an activating group) is 1. The molecule has 1 saturated carbocycles. The number of hydrogen-bond donors (Lipinski definition) is 2. The van der Waals surface area contributed by atoms with E-state index in [0.717, 1.165) is 31.2 Å². The van der Waals surface area contributed by atoms with Gasteiger partial charge in [0.05, 0.1) is 0 Å². The quantitative estimate of drug-likeness (QED) is 0.895. The lowest BCUT2D eigenvalue weighted by Gasteiger charge is -2.29. The molecule has 3 aliphatic rings. The molecule has 0 spiro atoms. The van der Waals surface area contributed by atoms with Crippen molar-refractivity contribution in [1.29, 1.82) is 0 Å². The average Bonchev–Trinajstić information content (AvgIpc) is 3.10. The van der Waals surface area contributed by atoms with Gasteiger partial charge in [0.2, 0.25) is 0 Å². The second-order valence-corrected chi connectivity index (χ2v) is 7.72. The van der Waals surface area contributed by atoms with Crippen LogP contribution in [0, 0.1) is 5.92 Å². The molecule has 2 heterocycles. The molecule has 1 aromatic carbocycles. The van der Waals surface area contributed by atoms with E-state index in [1.54, 1.807) is 0 Å². The second kappa shape index (κ2) is 6.42. The van der Waals surface area contributed by atoms with Gasteiger partial charge in [0.1, 0.15) is 11.9 Å². The molecule has 4 unspecified atom stereocenters. The zero-order valence-electron chi connectivity index (χ0n) is 14.3. The zero-order chi connectivity index (χ0) is 15.8. The van der Waals surface area contributed by atoms with Crippen LogP contribution < -0.4 is 15.6 Å². The van der Waals surface area contributed by atoms with Crippen LogP contribution in [0.4, 0.5) is 0 Å². The van der Waals surface area contributed by atoms with Crippen LogP contribution in [0.5, 0.6) is 5.75 Å². The van der Waals surface area contributed by atoms with Crippen LogP contribution in [0.1, 0.15) is 43.7 Å². The summed E-state index contributed by atoms with van der Waals surface area (Å²) in [5, 5.41) is 0. The maximum Gasteiger partial charge on any atom is 0.123 e. The highest BCUT2D eigenvalue weighted by atomic mass is 16.5. The van der Waals surface area contributed by atoms with Crippen molar-refractivity contribution in [3.63, 3.8) is 0 Å². The van der Waals surface area contributed by atoms with Crippen LogP contribution in [0.25, 0.3) is 0 Å². The van der Waals surface area contributed by atoms with Gasteiger partial charge in [-0.05, 0) is 49.9 Å². The predicted molar refractivity (Wildman–Crippen MR) is 92.4 cm³/mol. The van der Waals surface area contributed by atoms with Crippen LogP contribution >= 0.6 is 0 Å². The number of rotatable bonds is 4. The lowest BCUT2D eigenvalue weighted by Crippen LogP contribution is -2.41. The van der Waals surface area contributed by atoms with Crippen LogP contribution in [0.2, 0.25) is 0 Å². The third-order valence-electron chi connectivity index (χ3n) is 5.71. The van der Waals surface area contributed by atoms with E-state index < -0.39 is 0 Å². The third kappa shape index (κ3) is 3.25. The summed E-state index contributed by atoms with van der Waals surface area (Å²) in [5.74, 6) is 1.89. The second-order valence-electron chi connectivity index (χ2n) is 7.72. The molecule has 4 atom stereocenters. The minimum Gasteiger partial charge on any atom is -0.490 e. The van der Waals surface area contributed by atoms with E-state index in [0.29, 0.717) is 18.2 Å². The fraction of sp³-hybridized carbons (Fsp3) is 0.684. The first-order valence-electron chi connectivity index (χ1n) is 9.17. The number of fused-ring (bicyclic) bond motifs is 2. The molecule has 1 aromatic rings. The predicted octanol–water partition coefficient (Wildman–Crippen LogP) is 2.48. The highest BCUT2D eigenvalue weighted by molar-refractivity contribution is 5.40. The Hall–Kier alpha value is -1.10. The monoisotopic (exact) mass is 315 g/mol. The van der Waals surface area contributed by atoms with Crippen molar-refractivity contribution in [3.8, 4) is 5.75 Å². The molecule has 2 N–H and O–H groups in total. The molecule has 2 fully saturated rings. The summed E-state index contributed by atoms with van der Waals surface area (Å²) in [7, 11) is 2.24. The van der Waals surface area contributed by atoms with E-state index in [2.05, 4.69) is 47.9 Å². The Morgan fingerprint density at radius 3 is 3.00 bits per heavy atom. The lowest BCUT2D eigenvalue weighted by atomic mass is 9.81. The Morgan fingerprint density at radius 1 is 1.22 bits per heavy atom. The van der Waals surface area contributed by atoms with Gasteiger partial charge in [0, 0.05) is 31.6 Å². The molecule has 0 aromatic heterocycles. The SMILES string of the molecule is CC1Cc2cc(CN(C)CC3NNC4CCCCC43)ccc2O1. The van der Waals surface area contributed by atoms with Crippen molar-refractivity contribution in [2.45, 2.75) is 63.8 Å². The van der Waals surface area contributed by atoms with Gasteiger partial charge in [-0.2, -0.15) is 0 Å². The largest absolute Gasteiger partial charge is 0.490 e. The van der Waals surface area contributed by atoms with Gasteiger partial charge < -0.3 is 9.64 Å². The normalized spacial score (nSPS) is 32.7. The summed E-state index contributed by atoms with van der Waals surface area (Å²) in [5.41, 5.74) is 9.84. The standard InChI is InChI=1S/C19H29N3O/c1-13-9-15-10-14(7-8-19(15)23-13)11-22(2)12-18-16-5-3-4-6-17(16)20-21-18/h7-8,10,13,16-18,20-21H,3-6,9,11-12H2,1-2H3. The Labute approximate surface area is 139 Å². The molecule has 0 bridgehead atoms. The summed E-state index contributed by atoms with van der Waals surface area (Å²) >= 11 is 0. The van der Waals surface area contributed by atoms with Crippen molar-refractivity contribution in [3.05, 3.63) is 29.3 Å². The minimum atomic E-state index is 0.329. The first kappa shape index (κ1) is 15.4. The summed E-state index contributed by atoms with van der Waals surface area (Å²) in [6.45, 7) is 4.26. The molecule has 4 nitrogen and oxygen atoms in total. The van der Waals surface area contributed by atoms with E-state index in [-0.39, 0.29) is 0 Å². The Balaban J connectivity index is 1.35. The molecule has 2 aliphatic heterocycles. The van der Waals surface area contributed by atoms with E-state index >= 15 is 0 Å². The lowest BCUT2D eigenvalue weighted by molar-refractivity contribution is 0.237. The highest BCUT2D eigenvalue weighted by Crippen LogP contribution is 2.31. The van der Waals surface area contributed by atoms with Gasteiger partial charge in [0.25, 0.3) is 0 Å². The number of nitrogens with one attached hydrogen (secondary N) is 2. The maximum atomic E-state index is 5.80. The van der Waals surface area contributed by atoms with Gasteiger partial charge in [-0.1, -0.05) is 25.0 Å². The fourth-order valence-corrected chi connectivity index (χ4v) is 4.61. The van der Waals surface area contributed by atoms with Crippen molar-refractivity contribution in [2.75, 3.05) is 13.6 Å². The van der Waals surface area contributed by atoms with Gasteiger partial charge in [-0.3, -0.25) is 10.9 Å². The van der Waals surface area contributed by atoms with Gasteiger partial charge in [-0.25, -0.2) is 0 Å². The molecule has 0 radical (unpaired) electrons. The topological polar surface area (TPSA) is 36.5 Å². The van der Waals surface area contributed by atoms with E-state index in [9.17, 15) is 0 Å². The third-order valence-corrected chi connectivity index (χ3v) is 5.71. The van der Waals surface area contributed by atoms with Gasteiger partial charge in [0.15, 0.2) is 0 Å². The molecule has 4 heteroatoms. The number of benzene rings is 1. The van der Waals surface area contributed by atoms with Gasteiger partial charge >= 0.3 is 0 Å². The van der Waals surface area contributed by atoms with Crippen LogP contribution in [-0.2, 0) is 13.0 Å². The van der Waals surface area contributed by atoms with E-state index in [1.165, 1.54) is 36.8 Å². The summed E-state index contributed by atoms with van der Waals surface area (Å²) < 4.78 is 5.80. The van der Waals surface area contributed by atoms with Crippen LogP contribution in [0.3, 0.4) is 0 Å². The average molecular weight is 315 g/mol. The number of hydrazine groups is 1. The fourth-order valence-electron chi connectivity index (χ4n) is 4.61. The molecule has 1 saturated heterocycles. The highest BCUT2D eigenvalue weighted by Gasteiger charge is 2.37. The Kier molecular flexibility index (Phi) is 4.31. The summed E-state index contributed by atoms with van der Waals surface area (Å²) in [6, 6.07) is 7.98. The van der Waals surface area contributed by atoms with Crippen molar-refractivity contribution in [2.24, 2.45) is 5.92 Å². The van der Waals surface area contributed by atoms with Crippen molar-refractivity contribution < 1.29 is 4.74 Å². The van der Waals surface area contributed by atoms with Crippen LogP contribution in [0.15, 0.2) is 18.2 Å². The Bertz CT molecular complexity index is 562. The number of ether oxygens (including phenoxy) is 1. The Morgan fingerprint density at radius 2 is 2.09 bits per heavy atom. The molecule has 0 amide bonds. The molecular weight excluding hydrogens is 286 g/mol. The van der Waals surface area contributed by atoms with Crippen molar-refractivity contribution in [1.82, 2.24) is 15.8 Å². The molecule has 126 valence electrons. The van der Waals surface area contributed by atoms with Gasteiger partial charge in [-0.15, -0.1) is 0 Å². The zero-order valence-corrected chi connectivity index (χ0v) is 14.3. The number of nitrogens with zero attached hydrogens (tertiary/aromatic N) is 1. The molecular formula is C19H29N3O. The summed E-state index contributed by atoms with van der Waals surface area (Å²) in [4.78, 5) is 2.46. The molecule has 4 rings (SSSR count). The first-order valence-corrected chi connectivity index (χ1v) is 9.17. The van der Waals surface area contributed by atoms with Crippen molar-refractivity contribution >= 4 is 0 Å². The minimum absolute atomic E-state index is 0.329. The van der Waals surface area contributed by atoms with E-state index in [4.69, 9.17) is 4.74 Å². The number of hydrogen-bond acceptors (Lipinski definition) is 4. The molecule has 23 heavy (non-hydrogen) atoms. The summed E-state index contributed by atoms with van der Waals surface area (Å²) in [6.07, 6.45) is 6.86. The van der Waals surface area contributed by atoms with E-state index in [1.807, 2.05) is 0 Å².